The van der Waals surface area contributed by atoms with E-state index in [1.54, 1.807) is 42.7 Å². The highest BCUT2D eigenvalue weighted by molar-refractivity contribution is 5.74. The van der Waals surface area contributed by atoms with Gasteiger partial charge in [-0.2, -0.15) is 0 Å². The Hall–Kier alpha value is -8.48. The number of ether oxygens (including phenoxy) is 16. The highest BCUT2D eigenvalue weighted by atomic mass is 16.5. The van der Waals surface area contributed by atoms with Crippen molar-refractivity contribution in [3.8, 4) is 90.5 Å². The largest absolute Gasteiger partial charge is 0.507 e. The first-order valence-corrected chi connectivity index (χ1v) is 48.7. The summed E-state index contributed by atoms with van der Waals surface area (Å²) in [6.07, 6.45) is 20.4. The molecule has 0 saturated carbocycles. The molecular formula is C110H164O24. The van der Waals surface area contributed by atoms with Crippen molar-refractivity contribution in [3.05, 3.63) is 186 Å². The molecule has 8 aromatic carbocycles. The van der Waals surface area contributed by atoms with E-state index in [0.717, 1.165) is 212 Å². The normalized spacial score (nSPS) is 11.3. The molecule has 0 radical (unpaired) electrons. The van der Waals surface area contributed by atoms with Crippen molar-refractivity contribution in [1.29, 1.82) is 0 Å². The SMILES string of the molecule is CCCCOCc1cc(-c2cc(COC)c(O)c(COC)c2)cc(COC)c1O.CCCCOCc1cc(-c2cc(COC)c(O)c(COCCCC)c2)cc(COC)c1O.CCCCOCc1cc(-c2cc(COCCCC)c(O)c(COCCCC)c2)cc(COC)c1O.CCCCOCc1cc(-c2cc(COCCCC)c(O)c(COCCCC)c2)cc(COCCCC)c1O. The number of methoxy groups -OCH3 is 6. The number of phenols is 8. The van der Waals surface area contributed by atoms with Gasteiger partial charge in [0.25, 0.3) is 0 Å². The Kier molecular flexibility index (Phi) is 60.0. The van der Waals surface area contributed by atoms with Gasteiger partial charge in [0.2, 0.25) is 0 Å². The first kappa shape index (κ1) is 116. The molecule has 134 heavy (non-hydrogen) atoms. The third-order valence-corrected chi connectivity index (χ3v) is 22.3. The Bertz CT molecular complexity index is 4290. The van der Waals surface area contributed by atoms with Crippen molar-refractivity contribution < 1.29 is 117 Å². The molecule has 0 aromatic heterocycles. The smallest absolute Gasteiger partial charge is 0.126 e. The van der Waals surface area contributed by atoms with Crippen molar-refractivity contribution in [2.45, 2.75) is 303 Å². The Morgan fingerprint density at radius 2 is 0.224 bits per heavy atom. The van der Waals surface area contributed by atoms with Crippen LogP contribution in [0.5, 0.6) is 46.0 Å². The molecule has 0 unspecified atom stereocenters. The Morgan fingerprint density at radius 3 is 0.299 bits per heavy atom. The number of phenolic OH excluding ortho intramolecular Hbond substituents is 8. The molecule has 8 aromatic rings. The van der Waals surface area contributed by atoms with Gasteiger partial charge >= 0.3 is 0 Å². The van der Waals surface area contributed by atoms with Gasteiger partial charge < -0.3 is 117 Å². The van der Waals surface area contributed by atoms with Crippen LogP contribution in [0.25, 0.3) is 44.5 Å². The van der Waals surface area contributed by atoms with Crippen LogP contribution in [-0.2, 0) is 181 Å². The van der Waals surface area contributed by atoms with E-state index in [2.05, 4.69) is 69.2 Å². The zero-order chi connectivity index (χ0) is 97.6. The van der Waals surface area contributed by atoms with Gasteiger partial charge in [0, 0.05) is 198 Å². The van der Waals surface area contributed by atoms with E-state index in [9.17, 15) is 40.9 Å². The zero-order valence-corrected chi connectivity index (χ0v) is 83.9. The van der Waals surface area contributed by atoms with Gasteiger partial charge in [-0.15, -0.1) is 0 Å². The van der Waals surface area contributed by atoms with Gasteiger partial charge in [-0.1, -0.05) is 133 Å². The van der Waals surface area contributed by atoms with Crippen LogP contribution in [0.1, 0.15) is 287 Å². The van der Waals surface area contributed by atoms with Gasteiger partial charge in [-0.3, -0.25) is 0 Å². The highest BCUT2D eigenvalue weighted by Gasteiger charge is 2.23. The topological polar surface area (TPSA) is 310 Å². The summed E-state index contributed by atoms with van der Waals surface area (Å²) >= 11 is 0. The van der Waals surface area contributed by atoms with Crippen LogP contribution in [-0.4, -0.2) is 150 Å². The van der Waals surface area contributed by atoms with E-state index in [-0.39, 0.29) is 79.0 Å². The molecule has 0 atom stereocenters. The van der Waals surface area contributed by atoms with Gasteiger partial charge in [0.05, 0.1) is 106 Å². The van der Waals surface area contributed by atoms with Crippen molar-refractivity contribution in [1.82, 2.24) is 0 Å². The lowest BCUT2D eigenvalue weighted by Crippen LogP contribution is -2.03. The summed E-state index contributed by atoms with van der Waals surface area (Å²) in [7, 11) is 9.59. The van der Waals surface area contributed by atoms with E-state index in [1.165, 1.54) is 0 Å². The Labute approximate surface area is 801 Å². The van der Waals surface area contributed by atoms with Crippen molar-refractivity contribution in [2.75, 3.05) is 109 Å². The average molecular weight is 1870 g/mol. The molecule has 0 amide bonds. The van der Waals surface area contributed by atoms with E-state index >= 15 is 0 Å². The zero-order valence-electron chi connectivity index (χ0n) is 83.9. The predicted molar refractivity (Wildman–Crippen MR) is 531 cm³/mol. The summed E-state index contributed by atoms with van der Waals surface area (Å²) in [5.74, 6) is 1.66. The predicted octanol–water partition coefficient (Wildman–Crippen LogP) is 25.1. The Balaban J connectivity index is 0.000000317. The summed E-state index contributed by atoms with van der Waals surface area (Å²) in [6, 6.07) is 31.0. The van der Waals surface area contributed by atoms with Crippen LogP contribution < -0.4 is 0 Å². The molecule has 0 aliphatic carbocycles. The Morgan fingerprint density at radius 1 is 0.142 bits per heavy atom. The number of benzene rings is 8. The quantitative estimate of drug-likeness (QED) is 0.0164. The second-order valence-corrected chi connectivity index (χ2v) is 33.8. The monoisotopic (exact) mass is 1870 g/mol. The van der Waals surface area contributed by atoms with Crippen LogP contribution in [0, 0.1) is 0 Å². The van der Waals surface area contributed by atoms with Gasteiger partial charge in [0.1, 0.15) is 46.0 Å². The molecular weight excluding hydrogens is 1710 g/mol. The van der Waals surface area contributed by atoms with Crippen LogP contribution in [0.2, 0.25) is 0 Å². The summed E-state index contributed by atoms with van der Waals surface area (Å²) in [5, 5.41) is 86.3. The molecule has 0 heterocycles. The van der Waals surface area contributed by atoms with Crippen molar-refractivity contribution in [2.24, 2.45) is 0 Å². The summed E-state index contributed by atoms with van der Waals surface area (Å²) < 4.78 is 89.9. The fourth-order valence-electron chi connectivity index (χ4n) is 14.4. The fraction of sp³-hybridized carbons (Fsp3) is 0.564. The molecule has 0 spiro atoms. The van der Waals surface area contributed by atoms with E-state index in [1.807, 2.05) is 97.1 Å². The molecule has 8 N–H and O–H groups in total. The molecule has 748 valence electrons. The van der Waals surface area contributed by atoms with E-state index < -0.39 is 0 Å². The fourth-order valence-corrected chi connectivity index (χ4v) is 14.4. The van der Waals surface area contributed by atoms with Gasteiger partial charge in [0.15, 0.2) is 0 Å². The molecule has 24 nitrogen and oxygen atoms in total. The van der Waals surface area contributed by atoms with Crippen LogP contribution in [0.3, 0.4) is 0 Å². The third kappa shape index (κ3) is 40.7. The maximum absolute atomic E-state index is 11.0. The lowest BCUT2D eigenvalue weighted by Gasteiger charge is -2.17. The number of hydrogen-bond acceptors (Lipinski definition) is 24. The number of aromatic hydroxyl groups is 8. The molecule has 0 aliphatic rings. The summed E-state index contributed by atoms with van der Waals surface area (Å²) in [4.78, 5) is 0. The third-order valence-electron chi connectivity index (χ3n) is 22.3. The van der Waals surface area contributed by atoms with Crippen molar-refractivity contribution in [3.63, 3.8) is 0 Å². The minimum absolute atomic E-state index is 0.177. The molecule has 24 heteroatoms. The maximum atomic E-state index is 11.0. The van der Waals surface area contributed by atoms with Crippen LogP contribution in [0.4, 0.5) is 0 Å². The number of rotatable bonds is 66. The second kappa shape index (κ2) is 69.3. The minimum Gasteiger partial charge on any atom is -0.507 e. The molecule has 0 saturated heterocycles. The second-order valence-electron chi connectivity index (χ2n) is 33.8. The first-order chi connectivity index (χ1) is 65.2. The van der Waals surface area contributed by atoms with E-state index in [0.29, 0.717) is 189 Å². The minimum atomic E-state index is 0.177. The molecule has 0 aliphatic heterocycles. The summed E-state index contributed by atoms with van der Waals surface area (Å²) in [5.41, 5.74) is 18.8. The lowest BCUT2D eigenvalue weighted by molar-refractivity contribution is 0.110. The number of unbranched alkanes of at least 4 members (excludes halogenated alkanes) is 10. The number of hydrogen-bond donors (Lipinski definition) is 8. The molecule has 0 bridgehead atoms. The first-order valence-electron chi connectivity index (χ1n) is 48.7. The standard InChI is InChI=1S/C32H50O6.C29H44O6.C26H38O6.C23H32O6/c1-5-9-13-35-21-27-17-25(18-28(31(27)33)22-36-14-10-6-2)26-19-29(23-37-15-11-7-3)32(34)30(20-26)24-38-16-12-8-4;1-5-8-11-33-19-25-15-22(14-24(18-32-4)28(25)30)23-16-26(20-34-12-9-6-2)29(31)27(17-23)21-35-13-10-7-3;1-5-7-9-31-17-23-13-19(11-21(15-29-3)25(23)27)20-12-22(16-30-4)26(28)24(14-20)18-32-10-8-6-2;1-5-6-7-29-15-21-11-17(10-20(14-28-4)23(21)25)16-8-18(12-26-2)22(24)19(9-16)13-27-3/h17-20,33-34H,5-16,21-24H2,1-4H3;14-17,30-31H,5-13,18-21H2,1-4H3;11-14,27-28H,5-10,15-18H2,1-4H3;8-11,24-25H,5-7,12-15H2,1-4H3. The molecule has 8 rings (SSSR count). The maximum Gasteiger partial charge on any atom is 0.126 e. The van der Waals surface area contributed by atoms with Crippen LogP contribution in [0.15, 0.2) is 97.1 Å². The molecule has 0 fully saturated rings. The van der Waals surface area contributed by atoms with Crippen molar-refractivity contribution >= 4 is 0 Å². The summed E-state index contributed by atoms with van der Waals surface area (Å²) in [6.45, 7) is 32.8. The van der Waals surface area contributed by atoms with Gasteiger partial charge in [-0.25, -0.2) is 0 Å². The van der Waals surface area contributed by atoms with Gasteiger partial charge in [-0.05, 0) is 206 Å². The van der Waals surface area contributed by atoms with E-state index in [4.69, 9.17) is 75.8 Å². The highest BCUT2D eigenvalue weighted by Crippen LogP contribution is 2.42. The lowest BCUT2D eigenvalue weighted by atomic mass is 9.95. The van der Waals surface area contributed by atoms with Crippen LogP contribution >= 0.6 is 0 Å². The average Bonchev–Trinajstić information content (AvgIpc) is 0.937.